The van der Waals surface area contributed by atoms with Crippen molar-refractivity contribution in [3.8, 4) is 0 Å². The maximum Gasteiger partial charge on any atom is 0.262 e. The summed E-state index contributed by atoms with van der Waals surface area (Å²) in [6.45, 7) is 4.31. The largest absolute Gasteiger partial charge is 0.287 e. The van der Waals surface area contributed by atoms with Gasteiger partial charge in [0.2, 0.25) is 5.91 Å². The van der Waals surface area contributed by atoms with Gasteiger partial charge in [-0.3, -0.25) is 19.1 Å². The highest BCUT2D eigenvalue weighted by Gasteiger charge is 2.30. The number of para-hydroxylation sites is 3. The number of hydrogen-bond donors (Lipinski definition) is 0. The molecule has 4 aromatic rings. The summed E-state index contributed by atoms with van der Waals surface area (Å²) in [5.74, 6) is -0.0214. The molecule has 1 aromatic heterocycles. The van der Waals surface area contributed by atoms with Crippen LogP contribution in [0.3, 0.4) is 0 Å². The smallest absolute Gasteiger partial charge is 0.262 e. The Balaban J connectivity index is 1.56. The predicted octanol–water partition coefficient (Wildman–Crippen LogP) is 5.36. The van der Waals surface area contributed by atoms with Crippen molar-refractivity contribution in [3.63, 3.8) is 0 Å². The summed E-state index contributed by atoms with van der Waals surface area (Å²) >= 11 is 1.34. The Labute approximate surface area is 197 Å². The third-order valence-electron chi connectivity index (χ3n) is 6.12. The molecule has 0 saturated carbocycles. The number of amides is 1. The van der Waals surface area contributed by atoms with E-state index >= 15 is 0 Å². The zero-order valence-corrected chi connectivity index (χ0v) is 19.5. The lowest BCUT2D eigenvalue weighted by molar-refractivity contribution is -0.117. The molecule has 5 nitrogen and oxygen atoms in total. The van der Waals surface area contributed by atoms with Crippen LogP contribution in [0.1, 0.15) is 25.0 Å². The molecule has 1 amide bonds. The molecule has 2 heterocycles. The first-order chi connectivity index (χ1) is 16.1. The number of carbonyl (C=O) groups excluding carboxylic acids is 1. The third kappa shape index (κ3) is 3.85. The number of nitrogens with zero attached hydrogens (tertiary/aromatic N) is 3. The zero-order valence-electron chi connectivity index (χ0n) is 18.7. The van der Waals surface area contributed by atoms with Crippen molar-refractivity contribution in [3.05, 3.63) is 94.3 Å². The topological polar surface area (TPSA) is 55.2 Å². The molecule has 1 atom stereocenters. The van der Waals surface area contributed by atoms with Gasteiger partial charge in [0, 0.05) is 6.54 Å². The molecular formula is C27H25N3O2S. The number of anilines is 2. The fourth-order valence-electron chi connectivity index (χ4n) is 4.42. The molecule has 33 heavy (non-hydrogen) atoms. The van der Waals surface area contributed by atoms with Crippen LogP contribution >= 0.6 is 11.8 Å². The lowest BCUT2D eigenvalue weighted by Crippen LogP contribution is -2.34. The van der Waals surface area contributed by atoms with E-state index in [0.29, 0.717) is 22.6 Å². The first kappa shape index (κ1) is 21.5. The van der Waals surface area contributed by atoms with Gasteiger partial charge < -0.3 is 0 Å². The Kier molecular flexibility index (Phi) is 5.77. The van der Waals surface area contributed by atoms with Gasteiger partial charge in [-0.1, -0.05) is 60.3 Å². The summed E-state index contributed by atoms with van der Waals surface area (Å²) < 4.78 is 1.65. The Hall–Kier alpha value is -3.38. The summed E-state index contributed by atoms with van der Waals surface area (Å²) in [5, 5.41) is 0.728. The van der Waals surface area contributed by atoms with Crippen LogP contribution in [0.4, 0.5) is 11.4 Å². The number of fused-ring (bicyclic) bond motifs is 3. The zero-order chi connectivity index (χ0) is 22.9. The van der Waals surface area contributed by atoms with Gasteiger partial charge >= 0.3 is 0 Å². The minimum absolute atomic E-state index is 0.0214. The van der Waals surface area contributed by atoms with E-state index < -0.39 is 5.25 Å². The molecule has 6 heteroatoms. The van der Waals surface area contributed by atoms with Crippen LogP contribution in [0, 0.1) is 0 Å². The molecule has 0 bridgehead atoms. The van der Waals surface area contributed by atoms with E-state index in [-0.39, 0.29) is 11.5 Å². The van der Waals surface area contributed by atoms with Crippen molar-refractivity contribution < 1.29 is 4.79 Å². The molecule has 0 fully saturated rings. The SMILES string of the molecule is CCn1c(SC(C)C(=O)N2c3ccccc3CCc3ccccc32)nc2ccccc2c1=O. The molecule has 0 N–H and O–H groups in total. The highest BCUT2D eigenvalue weighted by Crippen LogP contribution is 2.38. The van der Waals surface area contributed by atoms with Gasteiger partial charge in [-0.05, 0) is 62.1 Å². The summed E-state index contributed by atoms with van der Waals surface area (Å²) in [6, 6.07) is 23.6. The minimum atomic E-state index is -0.435. The molecule has 0 saturated heterocycles. The number of aryl methyl sites for hydroxylation is 2. The van der Waals surface area contributed by atoms with E-state index in [1.165, 1.54) is 11.8 Å². The molecular weight excluding hydrogens is 430 g/mol. The lowest BCUT2D eigenvalue weighted by atomic mass is 10.0. The van der Waals surface area contributed by atoms with Gasteiger partial charge in [0.15, 0.2) is 5.16 Å². The van der Waals surface area contributed by atoms with Crippen molar-refractivity contribution in [1.29, 1.82) is 0 Å². The average Bonchev–Trinajstić information content (AvgIpc) is 3.01. The molecule has 1 unspecified atom stereocenters. The predicted molar refractivity (Wildman–Crippen MR) is 134 cm³/mol. The highest BCUT2D eigenvalue weighted by molar-refractivity contribution is 8.00. The monoisotopic (exact) mass is 455 g/mol. The van der Waals surface area contributed by atoms with Gasteiger partial charge in [-0.25, -0.2) is 4.98 Å². The van der Waals surface area contributed by atoms with Crippen LogP contribution in [-0.2, 0) is 24.2 Å². The number of rotatable bonds is 4. The lowest BCUT2D eigenvalue weighted by Gasteiger charge is -2.27. The summed E-state index contributed by atoms with van der Waals surface area (Å²) in [5.41, 5.74) is 4.76. The first-order valence-corrected chi connectivity index (χ1v) is 12.1. The van der Waals surface area contributed by atoms with Crippen LogP contribution < -0.4 is 10.5 Å². The number of aromatic nitrogens is 2. The van der Waals surface area contributed by atoms with E-state index in [1.54, 1.807) is 10.6 Å². The second kappa shape index (κ2) is 8.87. The van der Waals surface area contributed by atoms with Gasteiger partial charge in [-0.2, -0.15) is 0 Å². The van der Waals surface area contributed by atoms with Crippen molar-refractivity contribution in [1.82, 2.24) is 9.55 Å². The van der Waals surface area contributed by atoms with Crippen LogP contribution in [0.25, 0.3) is 10.9 Å². The normalized spacial score (nSPS) is 13.8. The van der Waals surface area contributed by atoms with E-state index in [2.05, 4.69) is 12.1 Å². The van der Waals surface area contributed by atoms with Gasteiger partial charge in [0.05, 0.1) is 27.5 Å². The van der Waals surface area contributed by atoms with Crippen LogP contribution in [0.5, 0.6) is 0 Å². The molecule has 5 rings (SSSR count). The van der Waals surface area contributed by atoms with Crippen molar-refractivity contribution in [2.45, 2.75) is 43.6 Å². The molecule has 0 spiro atoms. The molecule has 0 aliphatic carbocycles. The summed E-state index contributed by atoms with van der Waals surface area (Å²) in [6.07, 6.45) is 1.78. The van der Waals surface area contributed by atoms with Crippen molar-refractivity contribution >= 4 is 39.9 Å². The average molecular weight is 456 g/mol. The number of carbonyl (C=O) groups is 1. The van der Waals surface area contributed by atoms with E-state index in [9.17, 15) is 9.59 Å². The molecule has 0 radical (unpaired) electrons. The summed E-state index contributed by atoms with van der Waals surface area (Å²) in [7, 11) is 0. The Morgan fingerprint density at radius 3 is 2.15 bits per heavy atom. The minimum Gasteiger partial charge on any atom is -0.287 e. The van der Waals surface area contributed by atoms with Crippen molar-refractivity contribution in [2.75, 3.05) is 4.90 Å². The molecule has 1 aliphatic rings. The van der Waals surface area contributed by atoms with E-state index in [0.717, 1.165) is 35.3 Å². The fourth-order valence-corrected chi connectivity index (χ4v) is 5.44. The first-order valence-electron chi connectivity index (χ1n) is 11.2. The molecule has 166 valence electrons. The maximum absolute atomic E-state index is 13.9. The van der Waals surface area contributed by atoms with Gasteiger partial charge in [-0.15, -0.1) is 0 Å². The van der Waals surface area contributed by atoms with Crippen LogP contribution in [0.2, 0.25) is 0 Å². The van der Waals surface area contributed by atoms with E-state index in [4.69, 9.17) is 4.98 Å². The van der Waals surface area contributed by atoms with E-state index in [1.807, 2.05) is 73.3 Å². The second-order valence-electron chi connectivity index (χ2n) is 8.15. The Morgan fingerprint density at radius 2 is 1.52 bits per heavy atom. The van der Waals surface area contributed by atoms with Gasteiger partial charge in [0.1, 0.15) is 0 Å². The Bertz CT molecular complexity index is 1360. The molecule has 1 aliphatic heterocycles. The van der Waals surface area contributed by atoms with Gasteiger partial charge in [0.25, 0.3) is 5.56 Å². The number of thioether (sulfide) groups is 1. The van der Waals surface area contributed by atoms with Crippen LogP contribution in [-0.4, -0.2) is 20.7 Å². The maximum atomic E-state index is 13.9. The van der Waals surface area contributed by atoms with Crippen LogP contribution in [0.15, 0.2) is 82.7 Å². The highest BCUT2D eigenvalue weighted by atomic mass is 32.2. The fraction of sp³-hybridized carbons (Fsp3) is 0.222. The second-order valence-corrected chi connectivity index (χ2v) is 9.46. The van der Waals surface area contributed by atoms with Crippen molar-refractivity contribution in [2.24, 2.45) is 0 Å². The number of hydrogen-bond acceptors (Lipinski definition) is 4. The quantitative estimate of drug-likeness (QED) is 0.307. The number of benzene rings is 3. The Morgan fingerprint density at radius 1 is 0.939 bits per heavy atom. The standard InChI is InChI=1S/C27H25N3O2S/c1-3-29-26(32)21-12-6-7-13-22(21)28-27(29)33-18(2)25(31)30-23-14-8-4-10-19(23)16-17-20-11-5-9-15-24(20)30/h4-15,18H,3,16-17H2,1-2H3. The molecule has 3 aromatic carbocycles. The third-order valence-corrected chi connectivity index (χ3v) is 7.20. The summed E-state index contributed by atoms with van der Waals surface area (Å²) in [4.78, 5) is 33.5.